The van der Waals surface area contributed by atoms with Gasteiger partial charge in [0.1, 0.15) is 5.01 Å². The first-order chi connectivity index (χ1) is 13.7. The summed E-state index contributed by atoms with van der Waals surface area (Å²) in [4.78, 5) is 16.5. The lowest BCUT2D eigenvalue weighted by Crippen LogP contribution is -2.04. The third-order valence-corrected chi connectivity index (χ3v) is 5.22. The molecule has 0 aliphatic rings. The second-order valence-electron chi connectivity index (χ2n) is 5.99. The van der Waals surface area contributed by atoms with Gasteiger partial charge in [-0.15, -0.1) is 11.3 Å². The summed E-state index contributed by atoms with van der Waals surface area (Å²) < 4.78 is 16.3. The van der Waals surface area contributed by atoms with E-state index in [2.05, 4.69) is 17.4 Å². The maximum atomic E-state index is 11.7. The smallest absolute Gasteiger partial charge is 0.204 e. The van der Waals surface area contributed by atoms with Gasteiger partial charge in [0.15, 0.2) is 17.8 Å². The van der Waals surface area contributed by atoms with Gasteiger partial charge in [-0.25, -0.2) is 4.98 Å². The Morgan fingerprint density at radius 2 is 1.79 bits per heavy atom. The van der Waals surface area contributed by atoms with Gasteiger partial charge in [0.05, 0.1) is 32.6 Å². The highest BCUT2D eigenvalue weighted by Crippen LogP contribution is 2.46. The number of aromatic nitrogens is 1. The standard InChI is InChI=1S/C21H22N2O4S/c1-22-10-13-5-7-14(8-6-13)21-23-16(12-28-21)18-15(11-24)9-17(25-2)19(26-3)20(18)27-4/h5-9,11-12,22H,10H2,1-4H3. The Morgan fingerprint density at radius 3 is 2.36 bits per heavy atom. The van der Waals surface area contributed by atoms with Gasteiger partial charge in [-0.3, -0.25) is 4.79 Å². The topological polar surface area (TPSA) is 69.7 Å². The van der Waals surface area contributed by atoms with Crippen molar-refractivity contribution in [1.82, 2.24) is 10.3 Å². The Morgan fingerprint density at radius 1 is 1.07 bits per heavy atom. The van der Waals surface area contributed by atoms with Crippen molar-refractivity contribution in [3.05, 3.63) is 46.8 Å². The van der Waals surface area contributed by atoms with Crippen molar-refractivity contribution < 1.29 is 19.0 Å². The zero-order chi connectivity index (χ0) is 20.1. The molecule has 1 aromatic heterocycles. The van der Waals surface area contributed by atoms with E-state index in [0.29, 0.717) is 34.1 Å². The maximum absolute atomic E-state index is 11.7. The van der Waals surface area contributed by atoms with Crippen LogP contribution in [0, 0.1) is 0 Å². The van der Waals surface area contributed by atoms with Crippen LogP contribution >= 0.6 is 11.3 Å². The first-order valence-electron chi connectivity index (χ1n) is 8.64. The first-order valence-corrected chi connectivity index (χ1v) is 9.52. The molecule has 1 N–H and O–H groups in total. The Kier molecular flexibility index (Phi) is 6.28. The van der Waals surface area contributed by atoms with E-state index in [9.17, 15) is 4.79 Å². The Bertz CT molecular complexity index is 967. The summed E-state index contributed by atoms with van der Waals surface area (Å²) in [5.41, 5.74) is 3.88. The fraction of sp³-hybridized carbons (Fsp3) is 0.238. The van der Waals surface area contributed by atoms with Crippen molar-refractivity contribution >= 4 is 17.6 Å². The lowest BCUT2D eigenvalue weighted by atomic mass is 10.0. The van der Waals surface area contributed by atoms with Crippen molar-refractivity contribution in [2.75, 3.05) is 28.4 Å². The second kappa shape index (κ2) is 8.86. The third kappa shape index (κ3) is 3.72. The molecule has 2 aromatic carbocycles. The molecule has 0 atom stereocenters. The summed E-state index contributed by atoms with van der Waals surface area (Å²) in [6.45, 7) is 0.814. The van der Waals surface area contributed by atoms with Gasteiger partial charge in [-0.2, -0.15) is 0 Å². The number of rotatable bonds is 8. The van der Waals surface area contributed by atoms with Crippen LogP contribution in [0.3, 0.4) is 0 Å². The molecule has 3 aromatic rings. The summed E-state index contributed by atoms with van der Waals surface area (Å²) >= 11 is 1.51. The molecule has 7 heteroatoms. The molecule has 28 heavy (non-hydrogen) atoms. The molecule has 0 amide bonds. The zero-order valence-corrected chi connectivity index (χ0v) is 17.1. The van der Waals surface area contributed by atoms with Crippen LogP contribution in [0.5, 0.6) is 17.2 Å². The Hall–Kier alpha value is -2.90. The van der Waals surface area contributed by atoms with Crippen molar-refractivity contribution in [1.29, 1.82) is 0 Å². The summed E-state index contributed by atoms with van der Waals surface area (Å²) in [6.07, 6.45) is 0.769. The molecule has 0 aliphatic carbocycles. The number of thiazole rings is 1. The number of benzene rings is 2. The molecule has 1 heterocycles. The van der Waals surface area contributed by atoms with Crippen molar-refractivity contribution in [2.45, 2.75) is 6.54 Å². The van der Waals surface area contributed by atoms with Gasteiger partial charge in [-0.05, 0) is 18.7 Å². The molecule has 3 rings (SSSR count). The molecule has 0 saturated carbocycles. The molecule has 0 saturated heterocycles. The first kappa shape index (κ1) is 19.9. The van der Waals surface area contributed by atoms with Gasteiger partial charge in [0, 0.05) is 23.1 Å². The number of nitrogens with one attached hydrogen (secondary N) is 1. The maximum Gasteiger partial charge on any atom is 0.204 e. The SMILES string of the molecule is CNCc1ccc(-c2nc(-c3c(C=O)cc(OC)c(OC)c3OC)cs2)cc1. The van der Waals surface area contributed by atoms with Gasteiger partial charge >= 0.3 is 0 Å². The van der Waals surface area contributed by atoms with Gasteiger partial charge < -0.3 is 19.5 Å². The normalized spacial score (nSPS) is 10.6. The van der Waals surface area contributed by atoms with Crippen LogP contribution in [0.15, 0.2) is 35.7 Å². The van der Waals surface area contributed by atoms with Crippen LogP contribution in [-0.2, 0) is 6.54 Å². The summed E-state index contributed by atoms with van der Waals surface area (Å²) in [5, 5.41) is 5.90. The molecule has 0 unspecified atom stereocenters. The van der Waals surface area contributed by atoms with E-state index in [1.165, 1.54) is 38.2 Å². The number of hydrogen-bond acceptors (Lipinski definition) is 7. The number of ether oxygens (including phenoxy) is 3. The van der Waals surface area contributed by atoms with E-state index in [1.807, 2.05) is 24.6 Å². The Labute approximate surface area is 168 Å². The molecule has 0 fully saturated rings. The van der Waals surface area contributed by atoms with Crippen LogP contribution in [-0.4, -0.2) is 39.6 Å². The number of aldehydes is 1. The number of carbonyl (C=O) groups is 1. The lowest BCUT2D eigenvalue weighted by molar-refractivity contribution is 0.112. The van der Waals surface area contributed by atoms with Crippen LogP contribution in [0.25, 0.3) is 21.8 Å². The number of hydrogen-bond donors (Lipinski definition) is 1. The van der Waals surface area contributed by atoms with Crippen LogP contribution in [0.4, 0.5) is 0 Å². The average Bonchev–Trinajstić information content (AvgIpc) is 3.22. The van der Waals surface area contributed by atoms with E-state index in [0.717, 1.165) is 23.4 Å². The predicted octanol–water partition coefficient (Wildman–Crippen LogP) is 4.03. The Balaban J connectivity index is 2.08. The molecule has 146 valence electrons. The van der Waals surface area contributed by atoms with Crippen molar-refractivity contribution in [3.63, 3.8) is 0 Å². The monoisotopic (exact) mass is 398 g/mol. The number of nitrogens with zero attached hydrogens (tertiary/aromatic N) is 1. The minimum Gasteiger partial charge on any atom is -0.493 e. The molecule has 0 spiro atoms. The predicted molar refractivity (Wildman–Crippen MR) is 111 cm³/mol. The van der Waals surface area contributed by atoms with Crippen molar-refractivity contribution in [2.24, 2.45) is 0 Å². The molecule has 0 radical (unpaired) electrons. The zero-order valence-electron chi connectivity index (χ0n) is 16.2. The summed E-state index contributed by atoms with van der Waals surface area (Å²) in [6, 6.07) is 9.86. The van der Waals surface area contributed by atoms with Gasteiger partial charge in [-0.1, -0.05) is 24.3 Å². The highest BCUT2D eigenvalue weighted by Gasteiger charge is 2.23. The number of methoxy groups -OCH3 is 3. The van der Waals surface area contributed by atoms with E-state index in [-0.39, 0.29) is 0 Å². The van der Waals surface area contributed by atoms with Crippen LogP contribution in [0.2, 0.25) is 0 Å². The molecule has 0 aliphatic heterocycles. The second-order valence-corrected chi connectivity index (χ2v) is 6.85. The molecular formula is C21H22N2O4S. The fourth-order valence-electron chi connectivity index (χ4n) is 3.02. The quantitative estimate of drug-likeness (QED) is 0.578. The largest absolute Gasteiger partial charge is 0.493 e. The van der Waals surface area contributed by atoms with Gasteiger partial charge in [0.2, 0.25) is 5.75 Å². The summed E-state index contributed by atoms with van der Waals surface area (Å²) in [5.74, 6) is 1.28. The lowest BCUT2D eigenvalue weighted by Gasteiger charge is -2.16. The van der Waals surface area contributed by atoms with E-state index in [1.54, 1.807) is 6.07 Å². The average molecular weight is 398 g/mol. The van der Waals surface area contributed by atoms with Crippen LogP contribution in [0.1, 0.15) is 15.9 Å². The highest BCUT2D eigenvalue weighted by molar-refractivity contribution is 7.13. The van der Waals surface area contributed by atoms with Crippen molar-refractivity contribution in [3.8, 4) is 39.1 Å². The molecular weight excluding hydrogens is 376 g/mol. The minimum absolute atomic E-state index is 0.421. The summed E-state index contributed by atoms with van der Waals surface area (Å²) in [7, 11) is 6.50. The minimum atomic E-state index is 0.421. The van der Waals surface area contributed by atoms with Gasteiger partial charge in [0.25, 0.3) is 0 Å². The fourth-order valence-corrected chi connectivity index (χ4v) is 3.84. The van der Waals surface area contributed by atoms with E-state index >= 15 is 0 Å². The number of carbonyl (C=O) groups excluding carboxylic acids is 1. The molecule has 6 nitrogen and oxygen atoms in total. The van der Waals surface area contributed by atoms with E-state index in [4.69, 9.17) is 19.2 Å². The van der Waals surface area contributed by atoms with E-state index < -0.39 is 0 Å². The van der Waals surface area contributed by atoms with Crippen LogP contribution < -0.4 is 19.5 Å². The molecule has 0 bridgehead atoms. The highest BCUT2D eigenvalue weighted by atomic mass is 32.1. The third-order valence-electron chi connectivity index (χ3n) is 4.33.